The Hall–Kier alpha value is -7.78. The van der Waals surface area contributed by atoms with Crippen LogP contribution in [0, 0.1) is 0 Å². The highest BCUT2D eigenvalue weighted by Gasteiger charge is 2.47. The summed E-state index contributed by atoms with van der Waals surface area (Å²) in [6.07, 6.45) is 0. The molecule has 10 aromatic carbocycles. The first-order chi connectivity index (χ1) is 32.1. The van der Waals surface area contributed by atoms with Crippen LogP contribution in [-0.2, 0) is 10.8 Å². The minimum atomic E-state index is -0.534. The van der Waals surface area contributed by atoms with Gasteiger partial charge in [-0.2, -0.15) is 0 Å². The molecular weight excluding hydrogens is 803 g/mol. The Morgan fingerprint density at radius 1 is 0.354 bits per heavy atom. The normalized spacial score (nSPS) is 15.3. The van der Waals surface area contributed by atoms with Crippen molar-refractivity contribution < 1.29 is 0 Å². The number of anilines is 3. The van der Waals surface area contributed by atoms with Gasteiger partial charge in [-0.15, -0.1) is 11.3 Å². The molecule has 2 heteroatoms. The van der Waals surface area contributed by atoms with Gasteiger partial charge in [0.15, 0.2) is 0 Å². The number of fused-ring (bicyclic) bond motifs is 9. The zero-order chi connectivity index (χ0) is 43.1. The Balaban J connectivity index is 1.09. The first-order valence-electron chi connectivity index (χ1n) is 22.6. The molecule has 13 rings (SSSR count). The number of hydrogen-bond acceptors (Lipinski definition) is 2. The van der Waals surface area contributed by atoms with Crippen LogP contribution in [0.4, 0.5) is 17.1 Å². The summed E-state index contributed by atoms with van der Waals surface area (Å²) in [5, 5.41) is 2.62. The Morgan fingerprint density at radius 2 is 0.923 bits per heavy atom. The summed E-state index contributed by atoms with van der Waals surface area (Å²) in [5.74, 6) is 0. The molecule has 2 aliphatic rings. The predicted octanol–water partition coefficient (Wildman–Crippen LogP) is 16.9. The number of benzene rings is 10. The van der Waals surface area contributed by atoms with E-state index in [1.165, 1.54) is 92.5 Å². The van der Waals surface area contributed by atoms with E-state index in [1.807, 2.05) is 11.3 Å². The third-order valence-corrected chi connectivity index (χ3v) is 15.6. The molecule has 0 bridgehead atoms. The molecule has 1 unspecified atom stereocenters. The predicted molar refractivity (Wildman–Crippen MR) is 274 cm³/mol. The molecule has 1 nitrogen and oxygen atoms in total. The van der Waals surface area contributed by atoms with E-state index in [-0.39, 0.29) is 5.41 Å². The molecule has 0 fully saturated rings. The van der Waals surface area contributed by atoms with Gasteiger partial charge < -0.3 is 4.90 Å². The Bertz CT molecular complexity index is 3580. The molecular formula is C63H43NS. The maximum absolute atomic E-state index is 2.54. The fourth-order valence-corrected chi connectivity index (χ4v) is 12.6. The van der Waals surface area contributed by atoms with Gasteiger partial charge in [-0.3, -0.25) is 0 Å². The van der Waals surface area contributed by atoms with Gasteiger partial charge in [-0.05, 0) is 122 Å². The lowest BCUT2D eigenvalue weighted by molar-refractivity contribution is 0.714. The van der Waals surface area contributed by atoms with Gasteiger partial charge in [0, 0.05) is 42.5 Å². The van der Waals surface area contributed by atoms with Gasteiger partial charge in [0.05, 0.1) is 11.1 Å². The monoisotopic (exact) mass is 845 g/mol. The van der Waals surface area contributed by atoms with Crippen LogP contribution in [0.15, 0.2) is 243 Å². The summed E-state index contributed by atoms with van der Waals surface area (Å²) in [4.78, 5) is 2.54. The van der Waals surface area contributed by atoms with E-state index in [1.54, 1.807) is 0 Å². The van der Waals surface area contributed by atoms with Crippen molar-refractivity contribution in [2.45, 2.75) is 17.8 Å². The van der Waals surface area contributed by atoms with Crippen molar-refractivity contribution in [2.75, 3.05) is 4.90 Å². The number of thiophene rings is 1. The third kappa shape index (κ3) is 5.51. The minimum Gasteiger partial charge on any atom is -0.310 e. The van der Waals surface area contributed by atoms with Crippen molar-refractivity contribution in [1.82, 2.24) is 0 Å². The zero-order valence-corrected chi connectivity index (χ0v) is 36.8. The maximum atomic E-state index is 2.54. The van der Waals surface area contributed by atoms with Crippen molar-refractivity contribution in [2.24, 2.45) is 0 Å². The largest absolute Gasteiger partial charge is 0.310 e. The van der Waals surface area contributed by atoms with E-state index in [0.29, 0.717) is 0 Å². The fraction of sp³-hybridized carbons (Fsp3) is 0.0476. The number of rotatable bonds is 7. The molecule has 0 radical (unpaired) electrons. The lowest BCUT2D eigenvalue weighted by atomic mass is 9.67. The van der Waals surface area contributed by atoms with E-state index in [0.717, 1.165) is 17.1 Å². The second-order valence-electron chi connectivity index (χ2n) is 17.7. The second kappa shape index (κ2) is 14.6. The average Bonchev–Trinajstić information content (AvgIpc) is 3.99. The topological polar surface area (TPSA) is 3.24 Å². The van der Waals surface area contributed by atoms with Crippen LogP contribution >= 0.6 is 11.3 Å². The first kappa shape index (κ1) is 37.7. The summed E-state index contributed by atoms with van der Waals surface area (Å²) in [6.45, 7) is 2.41. The first-order valence-corrected chi connectivity index (χ1v) is 23.4. The highest BCUT2D eigenvalue weighted by Crippen LogP contribution is 2.60. The summed E-state index contributed by atoms with van der Waals surface area (Å²) in [5.41, 5.74) is 19.0. The minimum absolute atomic E-state index is 0.342. The molecule has 0 aliphatic heterocycles. The molecule has 0 amide bonds. The molecule has 0 N–H and O–H groups in total. The highest BCUT2D eigenvalue weighted by atomic mass is 32.1. The van der Waals surface area contributed by atoms with Crippen molar-refractivity contribution >= 4 is 48.6 Å². The van der Waals surface area contributed by atoms with E-state index >= 15 is 0 Å². The Morgan fingerprint density at radius 3 is 1.69 bits per heavy atom. The molecule has 11 aromatic rings. The van der Waals surface area contributed by atoms with Gasteiger partial charge in [0.2, 0.25) is 0 Å². The van der Waals surface area contributed by atoms with Crippen LogP contribution in [0.5, 0.6) is 0 Å². The van der Waals surface area contributed by atoms with Crippen molar-refractivity contribution in [3.63, 3.8) is 0 Å². The van der Waals surface area contributed by atoms with Crippen LogP contribution in [0.25, 0.3) is 53.6 Å². The van der Waals surface area contributed by atoms with E-state index in [4.69, 9.17) is 0 Å². The van der Waals surface area contributed by atoms with Gasteiger partial charge in [0.25, 0.3) is 0 Å². The molecule has 65 heavy (non-hydrogen) atoms. The Kier molecular flexibility index (Phi) is 8.50. The van der Waals surface area contributed by atoms with Crippen LogP contribution in [0.2, 0.25) is 0 Å². The van der Waals surface area contributed by atoms with E-state index < -0.39 is 5.41 Å². The summed E-state index contributed by atoms with van der Waals surface area (Å²) in [6, 6.07) is 90.6. The molecule has 1 atom stereocenters. The van der Waals surface area contributed by atoms with Crippen molar-refractivity contribution in [3.05, 3.63) is 282 Å². The van der Waals surface area contributed by atoms with Crippen LogP contribution in [0.3, 0.4) is 0 Å². The summed E-state index contributed by atoms with van der Waals surface area (Å²) < 4.78 is 2.63. The molecule has 2 aliphatic carbocycles. The van der Waals surface area contributed by atoms with E-state index in [9.17, 15) is 0 Å². The molecule has 1 heterocycles. The highest BCUT2D eigenvalue weighted by molar-refractivity contribution is 7.25. The molecule has 1 aromatic heterocycles. The average molecular weight is 846 g/mol. The van der Waals surface area contributed by atoms with Crippen LogP contribution in [0.1, 0.15) is 45.9 Å². The van der Waals surface area contributed by atoms with Crippen LogP contribution < -0.4 is 4.90 Å². The number of nitrogens with zero attached hydrogens (tertiary/aromatic N) is 1. The Labute approximate surface area is 384 Å². The SMILES string of the molecule is CC1(c2ccccc2)c2ccccc2-c2c(N(c3cccc(-c4ccc5sc6ccccc6c5c4)c3)c3ccc4c(c3)C(c3ccccc3)(c3ccccc3)c3ccccc3-4)cccc21. The lowest BCUT2D eigenvalue weighted by Gasteiger charge is -2.35. The standard InChI is InChI=1S/C63H43NS/c1-62(44-20-5-2-6-21-44)54-30-14-12-29-52(54)61-56(62)32-18-33-58(61)64(47-26-17-19-42(39-47)43-35-38-60-53(40-43)51-28-13-16-34-59(51)65-60)48-36-37-50-49-27-11-15-31-55(49)63(57(50)41-48,45-22-7-3-8-23-45)46-24-9-4-10-25-46/h2-41H,1H3. The van der Waals surface area contributed by atoms with Gasteiger partial charge in [-0.25, -0.2) is 0 Å². The van der Waals surface area contributed by atoms with Gasteiger partial charge >= 0.3 is 0 Å². The van der Waals surface area contributed by atoms with Crippen molar-refractivity contribution in [3.8, 4) is 33.4 Å². The summed E-state index contributed by atoms with van der Waals surface area (Å²) in [7, 11) is 0. The van der Waals surface area contributed by atoms with Crippen molar-refractivity contribution in [1.29, 1.82) is 0 Å². The van der Waals surface area contributed by atoms with Gasteiger partial charge in [-0.1, -0.05) is 194 Å². The maximum Gasteiger partial charge on any atom is 0.0714 e. The number of hydrogen-bond donors (Lipinski definition) is 0. The molecule has 0 spiro atoms. The summed E-state index contributed by atoms with van der Waals surface area (Å²) >= 11 is 1.87. The fourth-order valence-electron chi connectivity index (χ4n) is 11.5. The third-order valence-electron chi connectivity index (χ3n) is 14.4. The quantitative estimate of drug-likeness (QED) is 0.154. The second-order valence-corrected chi connectivity index (χ2v) is 18.8. The van der Waals surface area contributed by atoms with Crippen LogP contribution in [-0.4, -0.2) is 0 Å². The smallest absolute Gasteiger partial charge is 0.0714 e. The van der Waals surface area contributed by atoms with Gasteiger partial charge in [0.1, 0.15) is 0 Å². The van der Waals surface area contributed by atoms with E-state index in [2.05, 4.69) is 254 Å². The molecule has 306 valence electrons. The zero-order valence-electron chi connectivity index (χ0n) is 35.9. The molecule has 0 saturated carbocycles. The molecule has 0 saturated heterocycles. The lowest BCUT2D eigenvalue weighted by Crippen LogP contribution is -2.28.